The van der Waals surface area contributed by atoms with Gasteiger partial charge in [-0.15, -0.1) is 13.2 Å². The van der Waals surface area contributed by atoms with Gasteiger partial charge < -0.3 is 15.0 Å². The van der Waals surface area contributed by atoms with E-state index in [-0.39, 0.29) is 12.2 Å². The van der Waals surface area contributed by atoms with E-state index in [0.29, 0.717) is 21.8 Å². The molecule has 2 heterocycles. The number of carbonyl (C=O) groups excluding carboxylic acids is 3. The van der Waals surface area contributed by atoms with Crippen LogP contribution in [0.15, 0.2) is 67.0 Å². The SMILES string of the molecule is CC1C(=O)N(c2ccc(OC(F)(F)F)cc2)C(=O)N1Cc1ccncc1NC(=O)c1ccc(Cl)cc1. The molecule has 8 nitrogen and oxygen atoms in total. The third kappa shape index (κ3) is 5.41. The molecule has 36 heavy (non-hydrogen) atoms. The predicted molar refractivity (Wildman–Crippen MR) is 125 cm³/mol. The minimum Gasteiger partial charge on any atom is -0.406 e. The Labute approximate surface area is 208 Å². The highest BCUT2D eigenvalue weighted by molar-refractivity contribution is 6.30. The third-order valence-electron chi connectivity index (χ3n) is 5.42. The van der Waals surface area contributed by atoms with Crippen LogP contribution in [0.5, 0.6) is 5.75 Å². The molecule has 1 aliphatic heterocycles. The van der Waals surface area contributed by atoms with E-state index < -0.39 is 36.0 Å². The van der Waals surface area contributed by atoms with Crippen LogP contribution in [0.25, 0.3) is 0 Å². The molecule has 1 aliphatic rings. The van der Waals surface area contributed by atoms with Crippen molar-refractivity contribution < 1.29 is 32.3 Å². The number of nitrogens with zero attached hydrogens (tertiary/aromatic N) is 3. The van der Waals surface area contributed by atoms with Gasteiger partial charge in [0, 0.05) is 16.8 Å². The van der Waals surface area contributed by atoms with Crippen LogP contribution in [0, 0.1) is 0 Å². The maximum absolute atomic E-state index is 13.1. The number of ether oxygens (including phenoxy) is 1. The fraction of sp³-hybridized carbons (Fsp3) is 0.167. The molecule has 0 radical (unpaired) electrons. The Morgan fingerprint density at radius 1 is 1.08 bits per heavy atom. The Kier molecular flexibility index (Phi) is 6.84. The summed E-state index contributed by atoms with van der Waals surface area (Å²) in [4.78, 5) is 44.8. The number of rotatable bonds is 6. The number of halogens is 4. The van der Waals surface area contributed by atoms with Gasteiger partial charge in [-0.05, 0) is 67.1 Å². The van der Waals surface area contributed by atoms with Crippen molar-refractivity contribution in [2.75, 3.05) is 10.2 Å². The van der Waals surface area contributed by atoms with Gasteiger partial charge in [-0.3, -0.25) is 14.6 Å². The van der Waals surface area contributed by atoms with E-state index in [1.54, 1.807) is 30.3 Å². The number of urea groups is 1. The number of pyridine rings is 1. The number of benzene rings is 2. The first-order chi connectivity index (χ1) is 17.0. The van der Waals surface area contributed by atoms with Gasteiger partial charge in [0.05, 0.1) is 24.1 Å². The number of amides is 4. The summed E-state index contributed by atoms with van der Waals surface area (Å²) in [7, 11) is 0. The highest BCUT2D eigenvalue weighted by Crippen LogP contribution is 2.30. The molecule has 1 aromatic heterocycles. The first kappa shape index (κ1) is 25.0. The molecular formula is C24H18ClF3N4O4. The zero-order valence-corrected chi connectivity index (χ0v) is 19.4. The lowest BCUT2D eigenvalue weighted by atomic mass is 10.1. The Morgan fingerprint density at radius 3 is 2.39 bits per heavy atom. The molecule has 1 saturated heterocycles. The lowest BCUT2D eigenvalue weighted by Crippen LogP contribution is -2.33. The van der Waals surface area contributed by atoms with Crippen LogP contribution in [0.2, 0.25) is 5.02 Å². The summed E-state index contributed by atoms with van der Waals surface area (Å²) >= 11 is 5.86. The molecule has 0 saturated carbocycles. The third-order valence-corrected chi connectivity index (χ3v) is 5.67. The van der Waals surface area contributed by atoms with E-state index in [4.69, 9.17) is 11.6 Å². The lowest BCUT2D eigenvalue weighted by molar-refractivity contribution is -0.274. The summed E-state index contributed by atoms with van der Waals surface area (Å²) in [6.07, 6.45) is -1.96. The molecule has 12 heteroatoms. The number of carbonyl (C=O) groups is 3. The molecule has 0 bridgehead atoms. The molecule has 1 atom stereocenters. The first-order valence-electron chi connectivity index (χ1n) is 10.5. The van der Waals surface area contributed by atoms with Gasteiger partial charge in [0.15, 0.2) is 0 Å². The van der Waals surface area contributed by atoms with Gasteiger partial charge in [-0.2, -0.15) is 0 Å². The number of hydrogen-bond acceptors (Lipinski definition) is 5. The number of nitrogens with one attached hydrogen (secondary N) is 1. The Bertz CT molecular complexity index is 1300. The molecule has 2 aromatic carbocycles. The van der Waals surface area contributed by atoms with Gasteiger partial charge in [-0.1, -0.05) is 11.6 Å². The van der Waals surface area contributed by atoms with E-state index in [1.807, 2.05) is 0 Å². The van der Waals surface area contributed by atoms with Crippen molar-refractivity contribution in [3.63, 3.8) is 0 Å². The van der Waals surface area contributed by atoms with Gasteiger partial charge in [-0.25, -0.2) is 9.69 Å². The molecule has 4 rings (SSSR count). The average Bonchev–Trinajstić information content (AvgIpc) is 3.03. The molecule has 3 aromatic rings. The van der Waals surface area contributed by atoms with Crippen molar-refractivity contribution in [3.05, 3.63) is 83.1 Å². The minimum atomic E-state index is -4.86. The zero-order valence-electron chi connectivity index (χ0n) is 18.6. The molecule has 0 aliphatic carbocycles. The van der Waals surface area contributed by atoms with Gasteiger partial charge in [0.2, 0.25) is 0 Å². The van der Waals surface area contributed by atoms with Gasteiger partial charge >= 0.3 is 12.4 Å². The lowest BCUT2D eigenvalue weighted by Gasteiger charge is -2.21. The number of hydrogen-bond donors (Lipinski definition) is 1. The Morgan fingerprint density at radius 2 is 1.75 bits per heavy atom. The van der Waals surface area contributed by atoms with E-state index in [2.05, 4.69) is 15.0 Å². The number of alkyl halides is 3. The van der Waals surface area contributed by atoms with E-state index >= 15 is 0 Å². The van der Waals surface area contributed by atoms with E-state index in [9.17, 15) is 27.6 Å². The largest absolute Gasteiger partial charge is 0.573 e. The quantitative estimate of drug-likeness (QED) is 0.450. The number of anilines is 2. The fourth-order valence-corrected chi connectivity index (χ4v) is 3.73. The van der Waals surface area contributed by atoms with Gasteiger partial charge in [0.1, 0.15) is 11.8 Å². The fourth-order valence-electron chi connectivity index (χ4n) is 3.60. The predicted octanol–water partition coefficient (Wildman–Crippen LogP) is 5.24. The summed E-state index contributed by atoms with van der Waals surface area (Å²) < 4.78 is 41.1. The molecule has 1 unspecified atom stereocenters. The van der Waals surface area contributed by atoms with E-state index in [1.165, 1.54) is 36.4 Å². The highest BCUT2D eigenvalue weighted by Gasteiger charge is 2.43. The summed E-state index contributed by atoms with van der Waals surface area (Å²) in [5, 5.41) is 3.22. The monoisotopic (exact) mass is 518 g/mol. The second kappa shape index (κ2) is 9.86. The maximum atomic E-state index is 13.1. The standard InChI is InChI=1S/C24H18ClF3N4O4/c1-14-22(34)32(18-6-8-19(9-7-18)36-24(26,27)28)23(35)31(14)13-16-10-11-29-12-20(16)30-21(33)15-2-4-17(25)5-3-15/h2-12,14H,13H2,1H3,(H,30,33). The van der Waals surface area contributed by atoms with Crippen LogP contribution in [0.4, 0.5) is 29.3 Å². The van der Waals surface area contributed by atoms with Crippen LogP contribution in [-0.2, 0) is 11.3 Å². The topological polar surface area (TPSA) is 91.8 Å². The van der Waals surface area contributed by atoms with Crippen molar-refractivity contribution in [2.24, 2.45) is 0 Å². The average molecular weight is 519 g/mol. The van der Waals surface area contributed by atoms with Crippen LogP contribution >= 0.6 is 11.6 Å². The Hall–Kier alpha value is -4.12. The van der Waals surface area contributed by atoms with Crippen molar-refractivity contribution in [1.82, 2.24) is 9.88 Å². The molecule has 186 valence electrons. The van der Waals surface area contributed by atoms with Crippen LogP contribution in [-0.4, -0.2) is 40.1 Å². The van der Waals surface area contributed by atoms with Crippen molar-refractivity contribution in [3.8, 4) is 5.75 Å². The summed E-state index contributed by atoms with van der Waals surface area (Å²) in [6, 6.07) is 10.8. The number of aromatic nitrogens is 1. The van der Waals surface area contributed by atoms with Crippen LogP contribution in [0.3, 0.4) is 0 Å². The van der Waals surface area contributed by atoms with Crippen LogP contribution in [0.1, 0.15) is 22.8 Å². The maximum Gasteiger partial charge on any atom is 0.573 e. The molecular weight excluding hydrogens is 501 g/mol. The second-order valence-corrected chi connectivity index (χ2v) is 8.23. The van der Waals surface area contributed by atoms with Crippen LogP contribution < -0.4 is 15.0 Å². The second-order valence-electron chi connectivity index (χ2n) is 7.80. The molecule has 1 fully saturated rings. The normalized spacial score (nSPS) is 15.9. The van der Waals surface area contributed by atoms with E-state index in [0.717, 1.165) is 17.0 Å². The summed E-state index contributed by atoms with van der Waals surface area (Å²) in [6.45, 7) is 1.50. The first-order valence-corrected chi connectivity index (χ1v) is 10.9. The van der Waals surface area contributed by atoms with Crippen molar-refractivity contribution in [1.29, 1.82) is 0 Å². The molecule has 4 amide bonds. The van der Waals surface area contributed by atoms with Crippen molar-refractivity contribution >= 4 is 40.8 Å². The Balaban J connectivity index is 1.52. The molecule has 0 spiro atoms. The smallest absolute Gasteiger partial charge is 0.406 e. The van der Waals surface area contributed by atoms with Gasteiger partial charge in [0.25, 0.3) is 11.8 Å². The number of imide groups is 1. The minimum absolute atomic E-state index is 0.0315. The summed E-state index contributed by atoms with van der Waals surface area (Å²) in [5.41, 5.74) is 1.33. The molecule has 1 N–H and O–H groups in total. The van der Waals surface area contributed by atoms with Crippen molar-refractivity contribution in [2.45, 2.75) is 25.9 Å². The summed E-state index contributed by atoms with van der Waals surface area (Å²) in [5.74, 6) is -1.45. The highest BCUT2D eigenvalue weighted by atomic mass is 35.5. The zero-order chi connectivity index (χ0) is 26.0.